The smallest absolute Gasteiger partial charge is 0.220 e. The van der Waals surface area contributed by atoms with Gasteiger partial charge in [-0.05, 0) is 57.8 Å². The lowest BCUT2D eigenvalue weighted by Crippen LogP contribution is -2.45. The summed E-state index contributed by atoms with van der Waals surface area (Å²) in [5, 5.41) is 23.2. The van der Waals surface area contributed by atoms with E-state index in [9.17, 15) is 15.0 Å². The third kappa shape index (κ3) is 53.1. The lowest BCUT2D eigenvalue weighted by Gasteiger charge is -2.20. The summed E-state index contributed by atoms with van der Waals surface area (Å²) in [5.74, 6) is -0.0591. The van der Waals surface area contributed by atoms with E-state index >= 15 is 0 Å². The van der Waals surface area contributed by atoms with Crippen LogP contribution in [0, 0.1) is 0 Å². The van der Waals surface area contributed by atoms with Crippen molar-refractivity contribution in [3.8, 4) is 0 Å². The Balaban J connectivity index is 3.42. The highest BCUT2D eigenvalue weighted by molar-refractivity contribution is 5.76. The normalized spacial score (nSPS) is 13.2. The summed E-state index contributed by atoms with van der Waals surface area (Å²) < 4.78 is 0. The number of carbonyl (C=O) groups is 1. The highest BCUT2D eigenvalue weighted by Gasteiger charge is 2.18. The molecule has 0 aromatic rings. The number of allylic oxidation sites excluding steroid dienone is 9. The van der Waals surface area contributed by atoms with Gasteiger partial charge in [-0.3, -0.25) is 4.79 Å². The minimum Gasteiger partial charge on any atom is -0.394 e. The summed E-state index contributed by atoms with van der Waals surface area (Å²) in [6.45, 7) is 4.22. The first-order valence-corrected chi connectivity index (χ1v) is 29.5. The fourth-order valence-electron chi connectivity index (χ4n) is 9.06. The Bertz CT molecular complexity index is 1090. The van der Waals surface area contributed by atoms with Crippen LogP contribution in [0.4, 0.5) is 0 Å². The number of aliphatic hydroxyl groups is 2. The van der Waals surface area contributed by atoms with Crippen molar-refractivity contribution in [2.24, 2.45) is 0 Å². The van der Waals surface area contributed by atoms with Crippen LogP contribution < -0.4 is 5.32 Å². The van der Waals surface area contributed by atoms with Crippen LogP contribution in [0.15, 0.2) is 60.8 Å². The molecule has 0 bridgehead atoms. The summed E-state index contributed by atoms with van der Waals surface area (Å²) >= 11 is 0. The molecular weight excluding hydrogens is 807 g/mol. The van der Waals surface area contributed by atoms with Gasteiger partial charge >= 0.3 is 0 Å². The van der Waals surface area contributed by atoms with E-state index < -0.39 is 12.1 Å². The van der Waals surface area contributed by atoms with Crippen molar-refractivity contribution >= 4 is 5.91 Å². The molecule has 66 heavy (non-hydrogen) atoms. The molecule has 0 aromatic heterocycles. The van der Waals surface area contributed by atoms with E-state index in [0.717, 1.165) is 51.4 Å². The molecule has 4 nitrogen and oxygen atoms in total. The Hall–Kier alpha value is -1.91. The molecule has 0 heterocycles. The molecule has 0 spiro atoms. The number of hydrogen-bond donors (Lipinski definition) is 3. The van der Waals surface area contributed by atoms with Crippen molar-refractivity contribution in [2.45, 2.75) is 321 Å². The number of nitrogens with one attached hydrogen (secondary N) is 1. The minimum atomic E-state index is -0.838. The molecule has 386 valence electrons. The average molecular weight is 923 g/mol. The predicted molar refractivity (Wildman–Crippen MR) is 294 cm³/mol. The van der Waals surface area contributed by atoms with Crippen molar-refractivity contribution in [2.75, 3.05) is 6.61 Å². The van der Waals surface area contributed by atoms with E-state index in [1.54, 1.807) is 6.08 Å². The fourth-order valence-corrected chi connectivity index (χ4v) is 9.06. The lowest BCUT2D eigenvalue weighted by molar-refractivity contribution is -0.123. The van der Waals surface area contributed by atoms with Gasteiger partial charge in [0.15, 0.2) is 0 Å². The van der Waals surface area contributed by atoms with Gasteiger partial charge < -0.3 is 15.5 Å². The molecule has 0 aliphatic rings. The molecule has 0 aliphatic heterocycles. The number of hydrogen-bond acceptors (Lipinski definition) is 3. The maximum atomic E-state index is 12.5. The van der Waals surface area contributed by atoms with E-state index in [-0.39, 0.29) is 12.5 Å². The van der Waals surface area contributed by atoms with Gasteiger partial charge in [-0.1, -0.05) is 306 Å². The van der Waals surface area contributed by atoms with Crippen molar-refractivity contribution < 1.29 is 15.0 Å². The summed E-state index contributed by atoms with van der Waals surface area (Å²) in [6.07, 6.45) is 81.2. The molecule has 4 heteroatoms. The summed E-state index contributed by atoms with van der Waals surface area (Å²) in [7, 11) is 0. The molecule has 0 aromatic carbocycles. The molecule has 0 fully saturated rings. The second-order valence-corrected chi connectivity index (χ2v) is 20.0. The van der Waals surface area contributed by atoms with Crippen molar-refractivity contribution in [3.63, 3.8) is 0 Å². The predicted octanol–water partition coefficient (Wildman–Crippen LogP) is 19.6. The Morgan fingerprint density at radius 2 is 0.667 bits per heavy atom. The Morgan fingerprint density at radius 3 is 1.00 bits per heavy atom. The van der Waals surface area contributed by atoms with Crippen LogP contribution in [0.5, 0.6) is 0 Å². The molecule has 3 N–H and O–H groups in total. The van der Waals surface area contributed by atoms with Gasteiger partial charge in [-0.25, -0.2) is 0 Å². The van der Waals surface area contributed by atoms with Gasteiger partial charge in [0.25, 0.3) is 0 Å². The number of aliphatic hydroxyl groups excluding tert-OH is 2. The topological polar surface area (TPSA) is 69.6 Å². The zero-order chi connectivity index (χ0) is 47.7. The second kappa shape index (κ2) is 57.4. The summed E-state index contributed by atoms with van der Waals surface area (Å²) in [4.78, 5) is 12.5. The number of amides is 1. The Morgan fingerprint density at radius 1 is 0.379 bits per heavy atom. The third-order valence-corrected chi connectivity index (χ3v) is 13.5. The van der Waals surface area contributed by atoms with E-state index in [0.29, 0.717) is 6.42 Å². The number of carbonyl (C=O) groups excluding carboxylic acids is 1. The van der Waals surface area contributed by atoms with E-state index in [4.69, 9.17) is 0 Å². The van der Waals surface area contributed by atoms with Gasteiger partial charge in [0, 0.05) is 6.42 Å². The molecule has 0 radical (unpaired) electrons. The van der Waals surface area contributed by atoms with Gasteiger partial charge in [0.2, 0.25) is 5.91 Å². The first-order valence-electron chi connectivity index (χ1n) is 29.5. The van der Waals surface area contributed by atoms with E-state index in [2.05, 4.69) is 67.8 Å². The zero-order valence-electron chi connectivity index (χ0n) is 44.5. The largest absolute Gasteiger partial charge is 0.394 e. The van der Waals surface area contributed by atoms with Gasteiger partial charge in [0.1, 0.15) is 0 Å². The monoisotopic (exact) mass is 922 g/mol. The van der Waals surface area contributed by atoms with Crippen LogP contribution in [-0.2, 0) is 4.79 Å². The van der Waals surface area contributed by atoms with E-state index in [1.807, 2.05) is 6.08 Å². The van der Waals surface area contributed by atoms with Crippen LogP contribution in [-0.4, -0.2) is 34.9 Å². The SMILES string of the molecule is CC/C=C\C/C=C\C/C=C\C/C=C\CCCCCCCCCCCCCCCCCCCCCCCCCCC(=O)NC(CO)C(O)/C=C/CCCCCCCCCCCCCCCCC. The average Bonchev–Trinajstić information content (AvgIpc) is 3.32. The van der Waals surface area contributed by atoms with Gasteiger partial charge in [-0.2, -0.15) is 0 Å². The number of rotatable bonds is 54. The van der Waals surface area contributed by atoms with Crippen molar-refractivity contribution in [1.82, 2.24) is 5.32 Å². The quantitative estimate of drug-likeness (QED) is 0.0420. The highest BCUT2D eigenvalue weighted by Crippen LogP contribution is 2.17. The maximum Gasteiger partial charge on any atom is 0.220 e. The zero-order valence-corrected chi connectivity index (χ0v) is 44.5. The molecule has 1 amide bonds. The van der Waals surface area contributed by atoms with Crippen LogP contribution in [0.2, 0.25) is 0 Å². The molecule has 0 aliphatic carbocycles. The summed E-state index contributed by atoms with van der Waals surface area (Å²) in [6, 6.07) is -0.621. The van der Waals surface area contributed by atoms with E-state index in [1.165, 1.54) is 238 Å². The molecule has 0 saturated heterocycles. The molecular formula is C62H115NO3. The van der Waals surface area contributed by atoms with Crippen LogP contribution in [0.25, 0.3) is 0 Å². The van der Waals surface area contributed by atoms with Gasteiger partial charge in [0.05, 0.1) is 18.8 Å². The molecule has 2 atom stereocenters. The lowest BCUT2D eigenvalue weighted by atomic mass is 10.0. The van der Waals surface area contributed by atoms with Crippen molar-refractivity contribution in [3.05, 3.63) is 60.8 Å². The van der Waals surface area contributed by atoms with Crippen LogP contribution >= 0.6 is 0 Å². The van der Waals surface area contributed by atoms with Crippen LogP contribution in [0.1, 0.15) is 309 Å². The molecule has 0 rings (SSSR count). The minimum absolute atomic E-state index is 0.0591. The maximum absolute atomic E-state index is 12.5. The Kier molecular flexibility index (Phi) is 55.7. The van der Waals surface area contributed by atoms with Gasteiger partial charge in [-0.15, -0.1) is 0 Å². The van der Waals surface area contributed by atoms with Crippen molar-refractivity contribution in [1.29, 1.82) is 0 Å². The van der Waals surface area contributed by atoms with Crippen LogP contribution in [0.3, 0.4) is 0 Å². The fraction of sp³-hybridized carbons (Fsp3) is 0.823. The first-order chi connectivity index (χ1) is 32.7. The summed E-state index contributed by atoms with van der Waals surface area (Å²) in [5.41, 5.74) is 0. The first kappa shape index (κ1) is 64.1. The highest BCUT2D eigenvalue weighted by atomic mass is 16.3. The standard InChI is InChI=1S/C62H115NO3/c1-3-5-7-9-11-13-15-17-19-21-22-23-24-25-26-27-28-29-30-31-32-33-34-35-36-37-38-39-40-42-44-46-48-50-52-54-56-58-62(66)63-60(59-64)61(65)57-55-53-51-49-47-45-43-41-20-18-16-14-12-10-8-6-4-2/h5,7,11,13,17,19,22-23,55,57,60-61,64-65H,3-4,6,8-10,12,14-16,18,20-21,24-54,56,58-59H2,1-2H3,(H,63,66)/b7-5-,13-11-,19-17-,23-22-,57-55+. The molecule has 2 unspecified atom stereocenters. The number of unbranched alkanes of at least 4 members (excludes halogenated alkanes) is 39. The third-order valence-electron chi connectivity index (χ3n) is 13.5. The Labute approximate surface area is 413 Å². The molecule has 0 saturated carbocycles. The second-order valence-electron chi connectivity index (χ2n) is 20.0.